The lowest BCUT2D eigenvalue weighted by molar-refractivity contribution is 0.157. The van der Waals surface area contributed by atoms with Gasteiger partial charge in [-0.2, -0.15) is 0 Å². The molecule has 15 heavy (non-hydrogen) atoms. The normalized spacial score (nSPS) is 22.9. The molecule has 1 atom stereocenters. The maximum absolute atomic E-state index is 5.06. The first kappa shape index (κ1) is 10.8. The van der Waals surface area contributed by atoms with Gasteiger partial charge in [-0.3, -0.25) is 4.90 Å². The average molecular weight is 222 g/mol. The zero-order valence-electron chi connectivity index (χ0n) is 9.20. The number of rotatable bonds is 2. The fourth-order valence-corrected chi connectivity index (χ4v) is 2.50. The number of aromatic amines is 1. The van der Waals surface area contributed by atoms with Crippen molar-refractivity contribution in [3.8, 4) is 0 Å². The number of aromatic nitrogens is 1. The molecule has 1 N–H and O–H groups in total. The Kier molecular flexibility index (Phi) is 3.54. The Labute approximate surface area is 96.3 Å². The summed E-state index contributed by atoms with van der Waals surface area (Å²) in [6.45, 7) is 4.61. The Morgan fingerprint density at radius 3 is 3.00 bits per heavy atom. The van der Waals surface area contributed by atoms with Crippen molar-refractivity contribution >= 4 is 12.2 Å². The predicted molar refractivity (Wildman–Crippen MR) is 65.5 cm³/mol. The molecule has 2 heterocycles. The van der Waals surface area contributed by atoms with Crippen molar-refractivity contribution in [1.29, 1.82) is 0 Å². The number of H-pyrrole nitrogens is 1. The second kappa shape index (κ2) is 4.90. The Balaban J connectivity index is 2.20. The monoisotopic (exact) mass is 222 g/mol. The largest absolute Gasteiger partial charge is 0.353 e. The van der Waals surface area contributed by atoms with Crippen LogP contribution in [0.2, 0.25) is 0 Å². The topological polar surface area (TPSA) is 19.0 Å². The van der Waals surface area contributed by atoms with Crippen molar-refractivity contribution in [1.82, 2.24) is 9.88 Å². The highest BCUT2D eigenvalue weighted by Gasteiger charge is 2.22. The average Bonchev–Trinajstić information content (AvgIpc) is 2.30. The van der Waals surface area contributed by atoms with E-state index < -0.39 is 0 Å². The van der Waals surface area contributed by atoms with Crippen LogP contribution in [0.3, 0.4) is 0 Å². The lowest BCUT2D eigenvalue weighted by Crippen LogP contribution is -2.33. The highest BCUT2D eigenvalue weighted by atomic mass is 32.1. The molecule has 1 aliphatic rings. The number of pyridine rings is 1. The SMILES string of the molecule is CCN1CCCCC1c1ccc(=S)[nH]c1. The van der Waals surface area contributed by atoms with E-state index in [2.05, 4.69) is 29.1 Å². The lowest BCUT2D eigenvalue weighted by Gasteiger charge is -2.35. The predicted octanol–water partition coefficient (Wildman–Crippen LogP) is 3.29. The Morgan fingerprint density at radius 2 is 2.33 bits per heavy atom. The second-order valence-corrected chi connectivity index (χ2v) is 4.57. The van der Waals surface area contributed by atoms with Crippen molar-refractivity contribution in [3.05, 3.63) is 28.5 Å². The van der Waals surface area contributed by atoms with Gasteiger partial charge in [-0.25, -0.2) is 0 Å². The van der Waals surface area contributed by atoms with Crippen LogP contribution in [0.15, 0.2) is 18.3 Å². The standard InChI is InChI=1S/C12H18N2S/c1-2-14-8-4-3-5-11(14)10-6-7-12(15)13-9-10/h6-7,9,11H,2-5,8H2,1H3,(H,13,15). The van der Waals surface area contributed by atoms with Crippen LogP contribution in [0.4, 0.5) is 0 Å². The molecule has 0 spiro atoms. The quantitative estimate of drug-likeness (QED) is 0.774. The summed E-state index contributed by atoms with van der Waals surface area (Å²) in [5.41, 5.74) is 1.38. The van der Waals surface area contributed by atoms with E-state index in [-0.39, 0.29) is 0 Å². The second-order valence-electron chi connectivity index (χ2n) is 4.13. The van der Waals surface area contributed by atoms with Crippen LogP contribution >= 0.6 is 12.2 Å². The number of nitrogens with one attached hydrogen (secondary N) is 1. The van der Waals surface area contributed by atoms with Gasteiger partial charge in [0.15, 0.2) is 0 Å². The summed E-state index contributed by atoms with van der Waals surface area (Å²) in [7, 11) is 0. The van der Waals surface area contributed by atoms with Crippen molar-refractivity contribution in [2.24, 2.45) is 0 Å². The molecule has 1 aromatic rings. The minimum Gasteiger partial charge on any atom is -0.353 e. The van der Waals surface area contributed by atoms with Crippen LogP contribution in [0.5, 0.6) is 0 Å². The van der Waals surface area contributed by atoms with Gasteiger partial charge in [0.25, 0.3) is 0 Å². The van der Waals surface area contributed by atoms with E-state index in [1.807, 2.05) is 6.07 Å². The van der Waals surface area contributed by atoms with Gasteiger partial charge >= 0.3 is 0 Å². The third-order valence-electron chi connectivity index (χ3n) is 3.21. The van der Waals surface area contributed by atoms with E-state index in [0.717, 1.165) is 11.2 Å². The lowest BCUT2D eigenvalue weighted by atomic mass is 9.96. The van der Waals surface area contributed by atoms with Gasteiger partial charge in [-0.05, 0) is 37.6 Å². The van der Waals surface area contributed by atoms with Crippen LogP contribution in [0.25, 0.3) is 0 Å². The molecule has 2 rings (SSSR count). The third kappa shape index (κ3) is 2.47. The first-order chi connectivity index (χ1) is 7.31. The van der Waals surface area contributed by atoms with Gasteiger partial charge in [0, 0.05) is 12.2 Å². The minimum atomic E-state index is 0.593. The van der Waals surface area contributed by atoms with E-state index in [0.29, 0.717) is 6.04 Å². The molecule has 82 valence electrons. The smallest absolute Gasteiger partial charge is 0.103 e. The Hall–Kier alpha value is -0.670. The van der Waals surface area contributed by atoms with Gasteiger partial charge in [0.2, 0.25) is 0 Å². The molecule has 0 radical (unpaired) electrons. The van der Waals surface area contributed by atoms with Crippen LogP contribution in [-0.2, 0) is 0 Å². The Bertz CT molecular complexity index is 352. The number of hydrogen-bond acceptors (Lipinski definition) is 2. The van der Waals surface area contributed by atoms with Crippen molar-refractivity contribution in [2.75, 3.05) is 13.1 Å². The fraction of sp³-hybridized carbons (Fsp3) is 0.583. The van der Waals surface area contributed by atoms with E-state index in [4.69, 9.17) is 12.2 Å². The summed E-state index contributed by atoms with van der Waals surface area (Å²) in [4.78, 5) is 5.68. The minimum absolute atomic E-state index is 0.593. The van der Waals surface area contributed by atoms with Gasteiger partial charge in [0.1, 0.15) is 4.64 Å². The summed E-state index contributed by atoms with van der Waals surface area (Å²) >= 11 is 5.06. The number of nitrogens with zero attached hydrogens (tertiary/aromatic N) is 1. The van der Waals surface area contributed by atoms with Crippen LogP contribution in [-0.4, -0.2) is 23.0 Å². The molecule has 0 aromatic carbocycles. The van der Waals surface area contributed by atoms with Crippen molar-refractivity contribution in [3.63, 3.8) is 0 Å². The van der Waals surface area contributed by atoms with E-state index >= 15 is 0 Å². The molecule has 1 aliphatic heterocycles. The molecule has 0 aliphatic carbocycles. The maximum atomic E-state index is 5.06. The zero-order chi connectivity index (χ0) is 10.7. The number of piperidine rings is 1. The molecule has 2 nitrogen and oxygen atoms in total. The van der Waals surface area contributed by atoms with Crippen LogP contribution in [0, 0.1) is 4.64 Å². The maximum Gasteiger partial charge on any atom is 0.103 e. The summed E-state index contributed by atoms with van der Waals surface area (Å²) in [5.74, 6) is 0. The highest BCUT2D eigenvalue weighted by Crippen LogP contribution is 2.29. The Morgan fingerprint density at radius 1 is 1.47 bits per heavy atom. The molecule has 0 amide bonds. The molecule has 3 heteroatoms. The van der Waals surface area contributed by atoms with E-state index in [9.17, 15) is 0 Å². The molecular weight excluding hydrogens is 204 g/mol. The van der Waals surface area contributed by atoms with E-state index in [1.54, 1.807) is 0 Å². The van der Waals surface area contributed by atoms with Gasteiger partial charge in [0.05, 0.1) is 0 Å². The van der Waals surface area contributed by atoms with Gasteiger partial charge in [-0.15, -0.1) is 0 Å². The first-order valence-corrected chi connectivity index (χ1v) is 6.15. The fourth-order valence-electron chi connectivity index (χ4n) is 2.38. The van der Waals surface area contributed by atoms with Crippen LogP contribution < -0.4 is 0 Å². The first-order valence-electron chi connectivity index (χ1n) is 5.74. The number of likely N-dealkylation sites (tertiary alicyclic amines) is 1. The summed E-state index contributed by atoms with van der Waals surface area (Å²) in [6.07, 6.45) is 6.03. The van der Waals surface area contributed by atoms with Crippen molar-refractivity contribution in [2.45, 2.75) is 32.2 Å². The summed E-state index contributed by atoms with van der Waals surface area (Å²) in [6, 6.07) is 4.75. The summed E-state index contributed by atoms with van der Waals surface area (Å²) in [5, 5.41) is 0. The summed E-state index contributed by atoms with van der Waals surface area (Å²) < 4.78 is 0.817. The molecule has 0 saturated carbocycles. The van der Waals surface area contributed by atoms with Crippen LogP contribution in [0.1, 0.15) is 37.8 Å². The van der Waals surface area contributed by atoms with Gasteiger partial charge < -0.3 is 4.98 Å². The molecule has 1 fully saturated rings. The highest BCUT2D eigenvalue weighted by molar-refractivity contribution is 7.71. The third-order valence-corrected chi connectivity index (χ3v) is 3.47. The molecular formula is C12H18N2S. The zero-order valence-corrected chi connectivity index (χ0v) is 10.0. The molecule has 1 aromatic heterocycles. The van der Waals surface area contributed by atoms with Crippen molar-refractivity contribution < 1.29 is 0 Å². The molecule has 0 bridgehead atoms. The number of hydrogen-bond donors (Lipinski definition) is 1. The molecule has 1 saturated heterocycles. The van der Waals surface area contributed by atoms with Gasteiger partial charge in [-0.1, -0.05) is 31.6 Å². The molecule has 1 unspecified atom stereocenters. The van der Waals surface area contributed by atoms with E-state index in [1.165, 1.54) is 31.4 Å².